The maximum Gasteiger partial charge on any atom is 0.573 e. The second-order valence-electron chi connectivity index (χ2n) is 6.30. The molecule has 1 atom stereocenters. The largest absolute Gasteiger partial charge is 0.573 e. The molecule has 2 aromatic carbocycles. The fourth-order valence-corrected chi connectivity index (χ4v) is 2.46. The molecule has 2 aromatic rings. The third kappa shape index (κ3) is 6.91. The Balaban J connectivity index is 1.83. The van der Waals surface area contributed by atoms with Gasteiger partial charge in [0.15, 0.2) is 0 Å². The highest BCUT2D eigenvalue weighted by Gasteiger charge is 2.33. The summed E-state index contributed by atoms with van der Waals surface area (Å²) in [7, 11) is 0. The molecule has 0 unspecified atom stereocenters. The second-order valence-corrected chi connectivity index (χ2v) is 6.71. The number of benzene rings is 2. The lowest BCUT2D eigenvalue weighted by Crippen LogP contribution is -2.40. The Morgan fingerprint density at radius 3 is 2.07 bits per heavy atom. The minimum absolute atomic E-state index is 0.0318. The van der Waals surface area contributed by atoms with Gasteiger partial charge in [0.1, 0.15) is 36.2 Å². The molecule has 6 nitrogen and oxygen atoms in total. The topological polar surface area (TPSA) is 74.2 Å². The van der Waals surface area contributed by atoms with Crippen LogP contribution in [0.1, 0.15) is 20.3 Å². The maximum absolute atomic E-state index is 12.2. The first-order valence-corrected chi connectivity index (χ1v) is 9.23. The molecule has 0 bridgehead atoms. The number of rotatable bonds is 10. The average Bonchev–Trinajstić information content (AvgIpc) is 2.66. The van der Waals surface area contributed by atoms with E-state index in [1.807, 2.05) is 0 Å². The minimum Gasteiger partial charge on any atom is -0.490 e. The van der Waals surface area contributed by atoms with Crippen molar-refractivity contribution in [2.75, 3.05) is 13.2 Å². The molecular formula is C20H20ClF3O6. The Bertz CT molecular complexity index is 857. The first kappa shape index (κ1) is 23.5. The summed E-state index contributed by atoms with van der Waals surface area (Å²) in [6, 6.07) is 9.77. The van der Waals surface area contributed by atoms with Crippen LogP contribution in [-0.2, 0) is 4.79 Å². The van der Waals surface area contributed by atoms with Gasteiger partial charge < -0.3 is 24.1 Å². The van der Waals surface area contributed by atoms with Crippen molar-refractivity contribution < 1.29 is 42.0 Å². The molecule has 0 saturated heterocycles. The highest BCUT2D eigenvalue weighted by Crippen LogP contribution is 2.31. The van der Waals surface area contributed by atoms with E-state index in [0.717, 1.165) is 12.1 Å². The van der Waals surface area contributed by atoms with Gasteiger partial charge in [-0.25, -0.2) is 4.79 Å². The lowest BCUT2D eigenvalue weighted by atomic mass is 10.0. The van der Waals surface area contributed by atoms with Crippen molar-refractivity contribution in [1.82, 2.24) is 0 Å². The Hall–Kier alpha value is -2.81. The molecular weight excluding hydrogens is 429 g/mol. The minimum atomic E-state index is -4.80. The summed E-state index contributed by atoms with van der Waals surface area (Å²) in [5, 5.41) is 9.21. The molecule has 0 aliphatic rings. The van der Waals surface area contributed by atoms with Gasteiger partial charge in [-0.2, -0.15) is 0 Å². The monoisotopic (exact) mass is 448 g/mol. The number of carboxylic acid groups (broad SMARTS) is 1. The first-order chi connectivity index (χ1) is 14.0. The summed E-state index contributed by atoms with van der Waals surface area (Å²) < 4.78 is 56.8. The van der Waals surface area contributed by atoms with Crippen molar-refractivity contribution in [2.45, 2.75) is 32.2 Å². The molecule has 0 aliphatic carbocycles. The summed E-state index contributed by atoms with van der Waals surface area (Å²) in [5.74, 6) is -0.427. The SMILES string of the molecule is CC[C@](C)(Oc1ccc(OCCOc2ccc(OC(F)(F)F)cc2Cl)cc1)C(=O)O. The molecule has 164 valence electrons. The lowest BCUT2D eigenvalue weighted by Gasteiger charge is -2.24. The van der Waals surface area contributed by atoms with Crippen molar-refractivity contribution in [3.05, 3.63) is 47.5 Å². The zero-order valence-electron chi connectivity index (χ0n) is 16.2. The first-order valence-electron chi connectivity index (χ1n) is 8.86. The van der Waals surface area contributed by atoms with Crippen LogP contribution in [0.4, 0.5) is 13.2 Å². The highest BCUT2D eigenvalue weighted by atomic mass is 35.5. The van der Waals surface area contributed by atoms with Crippen LogP contribution in [0.5, 0.6) is 23.0 Å². The van der Waals surface area contributed by atoms with Gasteiger partial charge >= 0.3 is 12.3 Å². The Kier molecular flexibility index (Phi) is 7.66. The van der Waals surface area contributed by atoms with Crippen LogP contribution in [-0.4, -0.2) is 36.3 Å². The molecule has 0 radical (unpaired) electrons. The summed E-state index contributed by atoms with van der Waals surface area (Å²) in [6.07, 6.45) is -4.51. The lowest BCUT2D eigenvalue weighted by molar-refractivity contribution is -0.274. The fraction of sp³-hybridized carbons (Fsp3) is 0.350. The Morgan fingerprint density at radius 2 is 1.53 bits per heavy atom. The van der Waals surface area contributed by atoms with Crippen LogP contribution in [0.2, 0.25) is 5.02 Å². The van der Waals surface area contributed by atoms with Crippen LogP contribution >= 0.6 is 11.6 Å². The van der Waals surface area contributed by atoms with Crippen molar-refractivity contribution in [3.8, 4) is 23.0 Å². The van der Waals surface area contributed by atoms with E-state index in [1.54, 1.807) is 31.2 Å². The molecule has 2 rings (SSSR count). The summed E-state index contributed by atoms with van der Waals surface area (Å²) >= 11 is 5.89. The predicted octanol–water partition coefficient (Wildman–Crippen LogP) is 5.33. The average molecular weight is 449 g/mol. The number of aliphatic carboxylic acids is 1. The number of carboxylic acids is 1. The molecule has 0 spiro atoms. The normalized spacial score (nSPS) is 13.3. The van der Waals surface area contributed by atoms with Gasteiger partial charge in [0.2, 0.25) is 5.60 Å². The number of halogens is 4. The van der Waals surface area contributed by atoms with Gasteiger partial charge in [-0.15, -0.1) is 13.2 Å². The number of ether oxygens (including phenoxy) is 4. The zero-order chi connectivity index (χ0) is 22.4. The van der Waals surface area contributed by atoms with Gasteiger partial charge in [0.25, 0.3) is 0 Å². The van der Waals surface area contributed by atoms with Crippen molar-refractivity contribution in [3.63, 3.8) is 0 Å². The van der Waals surface area contributed by atoms with Gasteiger partial charge in [0.05, 0.1) is 5.02 Å². The van der Waals surface area contributed by atoms with E-state index in [2.05, 4.69) is 4.74 Å². The number of alkyl halides is 3. The van der Waals surface area contributed by atoms with E-state index in [0.29, 0.717) is 17.9 Å². The third-order valence-electron chi connectivity index (χ3n) is 4.04. The van der Waals surface area contributed by atoms with Crippen LogP contribution < -0.4 is 18.9 Å². The van der Waals surface area contributed by atoms with E-state index in [1.165, 1.54) is 13.0 Å². The van der Waals surface area contributed by atoms with E-state index in [9.17, 15) is 23.1 Å². The van der Waals surface area contributed by atoms with E-state index < -0.39 is 23.7 Å². The summed E-state index contributed by atoms with van der Waals surface area (Å²) in [4.78, 5) is 11.3. The molecule has 0 aliphatic heterocycles. The number of hydrogen-bond donors (Lipinski definition) is 1. The van der Waals surface area contributed by atoms with Crippen molar-refractivity contribution in [1.29, 1.82) is 0 Å². The van der Waals surface area contributed by atoms with E-state index in [4.69, 9.17) is 25.8 Å². The smallest absolute Gasteiger partial charge is 0.490 e. The zero-order valence-corrected chi connectivity index (χ0v) is 16.9. The Labute approximate surface area is 176 Å². The van der Waals surface area contributed by atoms with Gasteiger partial charge in [-0.1, -0.05) is 18.5 Å². The Morgan fingerprint density at radius 1 is 0.967 bits per heavy atom. The molecule has 0 saturated carbocycles. The van der Waals surface area contributed by atoms with E-state index in [-0.39, 0.29) is 24.0 Å². The number of hydrogen-bond acceptors (Lipinski definition) is 5. The quantitative estimate of drug-likeness (QED) is 0.495. The third-order valence-corrected chi connectivity index (χ3v) is 4.34. The summed E-state index contributed by atoms with van der Waals surface area (Å²) in [5.41, 5.74) is -1.32. The van der Waals surface area contributed by atoms with Gasteiger partial charge in [-0.3, -0.25) is 0 Å². The molecule has 10 heteroatoms. The van der Waals surface area contributed by atoms with E-state index >= 15 is 0 Å². The highest BCUT2D eigenvalue weighted by molar-refractivity contribution is 6.32. The van der Waals surface area contributed by atoms with Gasteiger partial charge in [-0.05, 0) is 49.7 Å². The van der Waals surface area contributed by atoms with Crippen LogP contribution in [0, 0.1) is 0 Å². The summed E-state index contributed by atoms with van der Waals surface area (Å²) in [6.45, 7) is 3.43. The van der Waals surface area contributed by atoms with Gasteiger partial charge in [0, 0.05) is 6.07 Å². The molecule has 0 aromatic heterocycles. The van der Waals surface area contributed by atoms with Crippen molar-refractivity contribution >= 4 is 17.6 Å². The van der Waals surface area contributed by atoms with Crippen molar-refractivity contribution in [2.24, 2.45) is 0 Å². The molecule has 1 N–H and O–H groups in total. The van der Waals surface area contributed by atoms with Crippen LogP contribution in [0.3, 0.4) is 0 Å². The second kappa shape index (κ2) is 9.80. The van der Waals surface area contributed by atoms with Crippen LogP contribution in [0.25, 0.3) is 0 Å². The standard InChI is InChI=1S/C20H20ClF3O6/c1-3-19(2,18(25)26)29-14-6-4-13(5-7-14)27-10-11-28-17-9-8-15(12-16(17)21)30-20(22,23)24/h4-9,12H,3,10-11H2,1-2H3,(H,25,26)/t19-/m0/s1. The maximum atomic E-state index is 12.2. The molecule has 0 heterocycles. The number of carbonyl (C=O) groups is 1. The molecule has 30 heavy (non-hydrogen) atoms. The molecule has 0 amide bonds. The fourth-order valence-electron chi connectivity index (χ4n) is 2.24. The van der Waals surface area contributed by atoms with Crippen LogP contribution in [0.15, 0.2) is 42.5 Å². The molecule has 0 fully saturated rings. The predicted molar refractivity (Wildman–Crippen MR) is 103 cm³/mol.